The van der Waals surface area contributed by atoms with Gasteiger partial charge in [-0.25, -0.2) is 9.07 Å². The minimum absolute atomic E-state index is 0. The van der Waals surface area contributed by atoms with Crippen LogP contribution >= 0.6 is 13.5 Å². The van der Waals surface area contributed by atoms with Gasteiger partial charge in [-0.3, -0.25) is 4.90 Å². The van der Waals surface area contributed by atoms with Crippen LogP contribution in [0.25, 0.3) is 16.7 Å². The molecule has 2 unspecified atom stereocenters. The molecule has 0 amide bonds. The van der Waals surface area contributed by atoms with Crippen molar-refractivity contribution in [2.75, 3.05) is 58.1 Å². The van der Waals surface area contributed by atoms with Gasteiger partial charge in [0.2, 0.25) is 0 Å². The maximum atomic E-state index is 15.5. The molecule has 3 aliphatic heterocycles. The van der Waals surface area contributed by atoms with E-state index in [0.717, 1.165) is 60.6 Å². The average Bonchev–Trinajstić information content (AvgIpc) is 3.25. The Balaban J connectivity index is 0.00000280. The average molecular weight is 531 g/mol. The summed E-state index contributed by atoms with van der Waals surface area (Å²) in [6.07, 6.45) is 1.71. The first kappa shape index (κ1) is 26.1. The summed E-state index contributed by atoms with van der Waals surface area (Å²) < 4.78 is 33.6. The van der Waals surface area contributed by atoms with E-state index in [-0.39, 0.29) is 31.5 Å². The van der Waals surface area contributed by atoms with Gasteiger partial charge in [0.15, 0.2) is 5.82 Å². The highest BCUT2D eigenvalue weighted by Crippen LogP contribution is 2.36. The van der Waals surface area contributed by atoms with Crippen LogP contribution in [0.1, 0.15) is 30.4 Å². The minimum atomic E-state index is -0.916. The number of hydrogen-bond acceptors (Lipinski definition) is 8. The van der Waals surface area contributed by atoms with Crippen LogP contribution in [0.2, 0.25) is 0 Å². The second-order valence-electron chi connectivity index (χ2n) is 10.1. The van der Waals surface area contributed by atoms with E-state index in [0.29, 0.717) is 31.6 Å². The summed E-state index contributed by atoms with van der Waals surface area (Å²) in [4.78, 5) is 13.6. The standard InChI is InChI=1S/C26H33FN6O3.H2S/c1-16-8-18-11-28-33(25-10-24(29-26(30-25)34-3)32-6-7-35-13-17(32)2)23(18)9-21(16)20-4-5-31(12-22(20)27)19-14-36-15-19;/h8-11,17,19-20,22H,4-7,12-15H2,1-3H3;1H2/t17-,20?,22?;/m0./s1. The van der Waals surface area contributed by atoms with Crippen LogP contribution in [0, 0.1) is 6.92 Å². The second kappa shape index (κ2) is 10.7. The first-order valence-corrected chi connectivity index (χ1v) is 12.7. The van der Waals surface area contributed by atoms with Gasteiger partial charge in [0.25, 0.3) is 0 Å². The third-order valence-electron chi connectivity index (χ3n) is 7.81. The summed E-state index contributed by atoms with van der Waals surface area (Å²) in [5.41, 5.74) is 3.04. The van der Waals surface area contributed by atoms with Crippen LogP contribution in [0.15, 0.2) is 24.4 Å². The molecule has 1 aromatic carbocycles. The maximum Gasteiger partial charge on any atom is 0.320 e. The minimum Gasteiger partial charge on any atom is -0.467 e. The number of methoxy groups -OCH3 is 1. The van der Waals surface area contributed by atoms with Crippen LogP contribution in [0.3, 0.4) is 0 Å². The number of benzene rings is 1. The SMILES string of the molecule is COc1nc(N2CCOC[C@@H]2C)cc(-n2ncc3cc(C)c(C4CCN(C5COC5)CC4F)cc32)n1.S. The second-order valence-corrected chi connectivity index (χ2v) is 10.1. The number of hydrogen-bond donors (Lipinski definition) is 0. The zero-order chi connectivity index (χ0) is 24.8. The fraction of sp³-hybridized carbons (Fsp3) is 0.577. The number of rotatable bonds is 5. The van der Waals surface area contributed by atoms with E-state index >= 15 is 4.39 Å². The summed E-state index contributed by atoms with van der Waals surface area (Å²) in [6, 6.07) is 6.99. The van der Waals surface area contributed by atoms with Crippen molar-refractivity contribution < 1.29 is 18.6 Å². The Labute approximate surface area is 223 Å². The molecule has 0 radical (unpaired) electrons. The molecule has 6 rings (SSSR count). The molecule has 0 bridgehead atoms. The van der Waals surface area contributed by atoms with Crippen LogP contribution < -0.4 is 9.64 Å². The highest BCUT2D eigenvalue weighted by atomic mass is 32.1. The van der Waals surface area contributed by atoms with Crippen molar-refractivity contribution in [1.29, 1.82) is 0 Å². The molecule has 0 aliphatic carbocycles. The highest BCUT2D eigenvalue weighted by Gasteiger charge is 2.36. The van der Waals surface area contributed by atoms with Crippen molar-refractivity contribution >= 4 is 30.2 Å². The van der Waals surface area contributed by atoms with Crippen LogP contribution in [-0.2, 0) is 9.47 Å². The number of anilines is 1. The van der Waals surface area contributed by atoms with Crippen LogP contribution in [-0.4, -0.2) is 96.1 Å². The normalized spacial score (nSPS) is 25.1. The largest absolute Gasteiger partial charge is 0.467 e. The van der Waals surface area contributed by atoms with Gasteiger partial charge in [0, 0.05) is 30.5 Å². The lowest BCUT2D eigenvalue weighted by Gasteiger charge is -2.43. The lowest BCUT2D eigenvalue weighted by molar-refractivity contribution is -0.0807. The van der Waals surface area contributed by atoms with Crippen molar-refractivity contribution in [2.24, 2.45) is 0 Å². The van der Waals surface area contributed by atoms with Crippen molar-refractivity contribution in [2.45, 2.75) is 44.4 Å². The molecule has 3 aliphatic rings. The Morgan fingerprint density at radius 3 is 2.57 bits per heavy atom. The molecule has 200 valence electrons. The van der Waals surface area contributed by atoms with E-state index in [1.165, 1.54) is 0 Å². The lowest BCUT2D eigenvalue weighted by Crippen LogP contribution is -2.54. The number of alkyl halides is 1. The van der Waals surface area contributed by atoms with E-state index in [1.54, 1.807) is 7.11 Å². The van der Waals surface area contributed by atoms with E-state index < -0.39 is 6.17 Å². The predicted octanol–water partition coefficient (Wildman–Crippen LogP) is 3.00. The predicted molar refractivity (Wildman–Crippen MR) is 144 cm³/mol. The summed E-state index contributed by atoms with van der Waals surface area (Å²) in [5.74, 6) is 1.26. The number of nitrogens with zero attached hydrogens (tertiary/aromatic N) is 6. The number of morpholine rings is 1. The first-order valence-electron chi connectivity index (χ1n) is 12.7. The molecule has 3 atom stereocenters. The van der Waals surface area contributed by atoms with Gasteiger partial charge in [-0.1, -0.05) is 0 Å². The molecule has 3 aromatic rings. The summed E-state index contributed by atoms with van der Waals surface area (Å²) in [7, 11) is 1.57. The van der Waals surface area contributed by atoms with Crippen molar-refractivity contribution in [3.05, 3.63) is 35.5 Å². The van der Waals surface area contributed by atoms with E-state index in [1.807, 2.05) is 16.9 Å². The van der Waals surface area contributed by atoms with E-state index in [9.17, 15) is 0 Å². The topological polar surface area (TPSA) is 77.8 Å². The number of aromatic nitrogens is 4. The van der Waals surface area contributed by atoms with E-state index in [4.69, 9.17) is 14.2 Å². The number of fused-ring (bicyclic) bond motifs is 1. The number of piperidine rings is 1. The monoisotopic (exact) mass is 530 g/mol. The molecule has 3 fully saturated rings. The van der Waals surface area contributed by atoms with Gasteiger partial charge in [-0.05, 0) is 50.1 Å². The van der Waals surface area contributed by atoms with Gasteiger partial charge in [-0.2, -0.15) is 28.6 Å². The molecule has 0 saturated carbocycles. The molecule has 9 nitrogen and oxygen atoms in total. The molecule has 2 aromatic heterocycles. The molecular formula is C26H35FN6O3S. The Bertz CT molecular complexity index is 1250. The van der Waals surface area contributed by atoms with Gasteiger partial charge in [0.1, 0.15) is 12.0 Å². The zero-order valence-electron chi connectivity index (χ0n) is 21.6. The molecule has 11 heteroatoms. The molecule has 37 heavy (non-hydrogen) atoms. The third kappa shape index (κ3) is 4.89. The third-order valence-corrected chi connectivity index (χ3v) is 7.81. The summed E-state index contributed by atoms with van der Waals surface area (Å²) in [5, 5.41) is 5.65. The van der Waals surface area contributed by atoms with Crippen LogP contribution in [0.4, 0.5) is 10.2 Å². The zero-order valence-corrected chi connectivity index (χ0v) is 22.6. The Morgan fingerprint density at radius 1 is 1.05 bits per heavy atom. The van der Waals surface area contributed by atoms with Crippen LogP contribution in [0.5, 0.6) is 6.01 Å². The molecule has 5 heterocycles. The molecule has 0 N–H and O–H groups in total. The Kier molecular flexibility index (Phi) is 7.58. The van der Waals surface area contributed by atoms with Gasteiger partial charge >= 0.3 is 6.01 Å². The quantitative estimate of drug-likeness (QED) is 0.498. The molecule has 3 saturated heterocycles. The number of likely N-dealkylation sites (tertiary alicyclic amines) is 1. The Hall–Kier alpha value is -2.47. The Morgan fingerprint density at radius 2 is 1.86 bits per heavy atom. The smallest absolute Gasteiger partial charge is 0.320 e. The summed E-state index contributed by atoms with van der Waals surface area (Å²) >= 11 is 0. The highest BCUT2D eigenvalue weighted by molar-refractivity contribution is 7.59. The van der Waals surface area contributed by atoms with Gasteiger partial charge < -0.3 is 19.1 Å². The fourth-order valence-corrected chi connectivity index (χ4v) is 5.65. The number of halogens is 1. The van der Waals surface area contributed by atoms with Crippen molar-refractivity contribution in [3.63, 3.8) is 0 Å². The van der Waals surface area contributed by atoms with E-state index in [2.05, 4.69) is 50.8 Å². The van der Waals surface area contributed by atoms with Crippen molar-refractivity contribution in [1.82, 2.24) is 24.6 Å². The van der Waals surface area contributed by atoms with Crippen molar-refractivity contribution in [3.8, 4) is 11.8 Å². The maximum absolute atomic E-state index is 15.5. The summed E-state index contributed by atoms with van der Waals surface area (Å²) in [6.45, 7) is 9.00. The first-order chi connectivity index (χ1) is 17.5. The number of ether oxygens (including phenoxy) is 3. The fourth-order valence-electron chi connectivity index (χ4n) is 5.65. The van der Waals surface area contributed by atoms with Gasteiger partial charge in [0.05, 0.1) is 57.3 Å². The lowest BCUT2D eigenvalue weighted by atomic mass is 9.84. The number of aryl methyl sites for hydroxylation is 1. The van der Waals surface area contributed by atoms with Gasteiger partial charge in [-0.15, -0.1) is 0 Å². The molecule has 0 spiro atoms. The molecular weight excluding hydrogens is 495 g/mol.